The number of hydrogen-bond donors (Lipinski definition) is 2. The van der Waals surface area contributed by atoms with Crippen LogP contribution in [0.4, 0.5) is 0 Å². The largest absolute Gasteiger partial charge is 0.370 e. The summed E-state index contributed by atoms with van der Waals surface area (Å²) in [6.07, 6.45) is 8.54. The van der Waals surface area contributed by atoms with Gasteiger partial charge >= 0.3 is 0 Å². The Labute approximate surface area is 138 Å². The van der Waals surface area contributed by atoms with Gasteiger partial charge < -0.3 is 16.0 Å². The van der Waals surface area contributed by atoms with Crippen LogP contribution in [0.2, 0.25) is 0 Å². The van der Waals surface area contributed by atoms with Crippen LogP contribution in [0.3, 0.4) is 0 Å². The average Bonchev–Trinajstić information content (AvgIpc) is 2.59. The molecule has 1 aliphatic rings. The standard InChI is InChI=1S/C17H27N5O/c1-22(12-10-14-7-5-6-11-19-14)16(23)13-20-17(18)21-15-8-3-2-4-9-15/h5-7,11,15H,2-4,8-10,12-13H2,1H3,(H3,18,20,21). The molecule has 0 saturated heterocycles. The molecule has 0 radical (unpaired) electrons. The van der Waals surface area contributed by atoms with Crippen LogP contribution in [0.1, 0.15) is 37.8 Å². The van der Waals surface area contributed by atoms with Crippen molar-refractivity contribution >= 4 is 11.9 Å². The van der Waals surface area contributed by atoms with E-state index < -0.39 is 0 Å². The Balaban J connectivity index is 1.70. The van der Waals surface area contributed by atoms with Crippen molar-refractivity contribution in [2.24, 2.45) is 10.7 Å². The average molecular weight is 317 g/mol. The van der Waals surface area contributed by atoms with Gasteiger partial charge in [-0.15, -0.1) is 0 Å². The van der Waals surface area contributed by atoms with Gasteiger partial charge in [0, 0.05) is 37.9 Å². The first-order valence-electron chi connectivity index (χ1n) is 8.35. The molecule has 1 heterocycles. The van der Waals surface area contributed by atoms with E-state index in [1.807, 2.05) is 18.2 Å². The van der Waals surface area contributed by atoms with Crippen molar-refractivity contribution < 1.29 is 4.79 Å². The topological polar surface area (TPSA) is 83.6 Å². The Hall–Kier alpha value is -2.11. The number of nitrogens with two attached hydrogens (primary N) is 1. The van der Waals surface area contributed by atoms with Crippen LogP contribution in [0.15, 0.2) is 29.4 Å². The van der Waals surface area contributed by atoms with Crippen LogP contribution in [-0.4, -0.2) is 47.9 Å². The SMILES string of the molecule is CN(CCc1ccccn1)C(=O)CN=C(N)NC1CCCCC1. The Bertz CT molecular complexity index is 511. The molecular formula is C17H27N5O. The van der Waals surface area contributed by atoms with Crippen molar-refractivity contribution in [3.05, 3.63) is 30.1 Å². The van der Waals surface area contributed by atoms with Gasteiger partial charge in [0.15, 0.2) is 5.96 Å². The number of carbonyl (C=O) groups is 1. The third-order valence-electron chi connectivity index (χ3n) is 4.20. The molecule has 2 rings (SSSR count). The second kappa shape index (κ2) is 9.12. The summed E-state index contributed by atoms with van der Waals surface area (Å²) in [5.41, 5.74) is 6.86. The lowest BCUT2D eigenvalue weighted by molar-refractivity contribution is -0.128. The lowest BCUT2D eigenvalue weighted by atomic mass is 9.96. The van der Waals surface area contributed by atoms with E-state index in [4.69, 9.17) is 5.73 Å². The molecule has 1 fully saturated rings. The minimum Gasteiger partial charge on any atom is -0.370 e. The van der Waals surface area contributed by atoms with E-state index in [-0.39, 0.29) is 12.5 Å². The summed E-state index contributed by atoms with van der Waals surface area (Å²) >= 11 is 0. The Morgan fingerprint density at radius 3 is 2.87 bits per heavy atom. The first kappa shape index (κ1) is 17.2. The van der Waals surface area contributed by atoms with Crippen molar-refractivity contribution in [3.63, 3.8) is 0 Å². The van der Waals surface area contributed by atoms with E-state index >= 15 is 0 Å². The molecule has 0 atom stereocenters. The van der Waals surface area contributed by atoms with Crippen molar-refractivity contribution in [1.82, 2.24) is 15.2 Å². The summed E-state index contributed by atoms with van der Waals surface area (Å²) < 4.78 is 0. The quantitative estimate of drug-likeness (QED) is 0.612. The van der Waals surface area contributed by atoms with Gasteiger partial charge in [-0.05, 0) is 25.0 Å². The summed E-state index contributed by atoms with van der Waals surface area (Å²) in [7, 11) is 1.78. The van der Waals surface area contributed by atoms with E-state index in [1.165, 1.54) is 19.3 Å². The highest BCUT2D eigenvalue weighted by Crippen LogP contribution is 2.16. The van der Waals surface area contributed by atoms with Gasteiger partial charge in [-0.25, -0.2) is 4.99 Å². The van der Waals surface area contributed by atoms with Gasteiger partial charge in [-0.3, -0.25) is 9.78 Å². The van der Waals surface area contributed by atoms with Crippen LogP contribution in [-0.2, 0) is 11.2 Å². The molecule has 0 bridgehead atoms. The number of carbonyl (C=O) groups excluding carboxylic acids is 1. The highest BCUT2D eigenvalue weighted by Gasteiger charge is 2.14. The molecule has 0 unspecified atom stereocenters. The monoisotopic (exact) mass is 317 g/mol. The van der Waals surface area contributed by atoms with Gasteiger partial charge in [0.05, 0.1) is 0 Å². The molecule has 6 heteroatoms. The van der Waals surface area contributed by atoms with Crippen molar-refractivity contribution in [1.29, 1.82) is 0 Å². The first-order valence-corrected chi connectivity index (χ1v) is 8.35. The normalized spacial score (nSPS) is 16.1. The zero-order valence-corrected chi connectivity index (χ0v) is 13.9. The predicted molar refractivity (Wildman–Crippen MR) is 92.1 cm³/mol. The summed E-state index contributed by atoms with van der Waals surface area (Å²) in [5, 5.41) is 3.22. The van der Waals surface area contributed by atoms with E-state index in [0.717, 1.165) is 25.0 Å². The lowest BCUT2D eigenvalue weighted by Crippen LogP contribution is -2.42. The van der Waals surface area contributed by atoms with E-state index in [2.05, 4.69) is 15.3 Å². The number of amides is 1. The molecule has 1 amide bonds. The fourth-order valence-electron chi connectivity index (χ4n) is 2.73. The van der Waals surface area contributed by atoms with E-state index in [0.29, 0.717) is 18.5 Å². The zero-order valence-electron chi connectivity index (χ0n) is 13.9. The van der Waals surface area contributed by atoms with Crippen LogP contribution in [0.25, 0.3) is 0 Å². The second-order valence-corrected chi connectivity index (χ2v) is 6.07. The molecule has 0 aromatic carbocycles. The van der Waals surface area contributed by atoms with Crippen LogP contribution >= 0.6 is 0 Å². The molecular weight excluding hydrogens is 290 g/mol. The summed E-state index contributed by atoms with van der Waals surface area (Å²) in [6, 6.07) is 6.20. The Morgan fingerprint density at radius 2 is 2.17 bits per heavy atom. The summed E-state index contributed by atoms with van der Waals surface area (Å²) in [5.74, 6) is 0.345. The third kappa shape index (κ3) is 6.26. The number of nitrogens with one attached hydrogen (secondary N) is 1. The van der Waals surface area contributed by atoms with E-state index in [9.17, 15) is 4.79 Å². The molecule has 23 heavy (non-hydrogen) atoms. The van der Waals surface area contributed by atoms with Crippen molar-refractivity contribution in [2.45, 2.75) is 44.6 Å². The van der Waals surface area contributed by atoms with Gasteiger partial charge in [-0.1, -0.05) is 25.3 Å². The number of likely N-dealkylation sites (N-methyl/N-ethyl adjacent to an activating group) is 1. The highest BCUT2D eigenvalue weighted by molar-refractivity contribution is 5.84. The molecule has 0 spiro atoms. The lowest BCUT2D eigenvalue weighted by Gasteiger charge is -2.23. The van der Waals surface area contributed by atoms with Crippen molar-refractivity contribution in [3.8, 4) is 0 Å². The zero-order chi connectivity index (χ0) is 16.5. The van der Waals surface area contributed by atoms with Crippen LogP contribution < -0.4 is 11.1 Å². The minimum absolute atomic E-state index is 0.0330. The van der Waals surface area contributed by atoms with Crippen molar-refractivity contribution in [2.75, 3.05) is 20.1 Å². The Morgan fingerprint density at radius 1 is 1.39 bits per heavy atom. The fraction of sp³-hybridized carbons (Fsp3) is 0.588. The van der Waals surface area contributed by atoms with Gasteiger partial charge in [-0.2, -0.15) is 0 Å². The number of rotatable bonds is 6. The van der Waals surface area contributed by atoms with Gasteiger partial charge in [0.1, 0.15) is 6.54 Å². The predicted octanol–water partition coefficient (Wildman–Crippen LogP) is 1.32. The minimum atomic E-state index is -0.0330. The molecule has 1 aromatic rings. The number of aromatic nitrogens is 1. The van der Waals surface area contributed by atoms with Gasteiger partial charge in [0.25, 0.3) is 0 Å². The molecule has 6 nitrogen and oxygen atoms in total. The number of hydrogen-bond acceptors (Lipinski definition) is 3. The smallest absolute Gasteiger partial charge is 0.244 e. The molecule has 1 saturated carbocycles. The summed E-state index contributed by atoms with van der Waals surface area (Å²) in [6.45, 7) is 0.714. The molecule has 1 aromatic heterocycles. The number of pyridine rings is 1. The number of guanidine groups is 1. The summed E-state index contributed by atoms with van der Waals surface area (Å²) in [4.78, 5) is 22.2. The maximum atomic E-state index is 12.1. The highest BCUT2D eigenvalue weighted by atomic mass is 16.2. The third-order valence-corrected chi connectivity index (χ3v) is 4.20. The second-order valence-electron chi connectivity index (χ2n) is 6.07. The fourth-order valence-corrected chi connectivity index (χ4v) is 2.73. The first-order chi connectivity index (χ1) is 11.1. The van der Waals surface area contributed by atoms with E-state index in [1.54, 1.807) is 18.1 Å². The molecule has 3 N–H and O–H groups in total. The van der Waals surface area contributed by atoms with Crippen LogP contribution in [0, 0.1) is 0 Å². The van der Waals surface area contributed by atoms with Gasteiger partial charge in [0.2, 0.25) is 5.91 Å². The maximum Gasteiger partial charge on any atom is 0.244 e. The molecule has 0 aliphatic heterocycles. The molecule has 1 aliphatic carbocycles. The molecule has 126 valence electrons. The maximum absolute atomic E-state index is 12.1. The Kier molecular flexibility index (Phi) is 6.84. The number of aliphatic imine (C=N–C) groups is 1. The van der Waals surface area contributed by atoms with Crippen LogP contribution in [0.5, 0.6) is 0 Å². The number of nitrogens with zero attached hydrogens (tertiary/aromatic N) is 3.